The van der Waals surface area contributed by atoms with E-state index in [2.05, 4.69) is 37.2 Å². The Morgan fingerprint density at radius 2 is 1.86 bits per heavy atom. The molecule has 1 aromatic heterocycles. The Morgan fingerprint density at radius 3 is 2.62 bits per heavy atom. The van der Waals surface area contributed by atoms with Crippen LogP contribution < -0.4 is 10.2 Å². The van der Waals surface area contributed by atoms with Gasteiger partial charge in [-0.15, -0.1) is 0 Å². The predicted octanol–water partition coefficient (Wildman–Crippen LogP) is 0.615. The average molecular weight is 285 g/mol. The van der Waals surface area contributed by atoms with Crippen LogP contribution in [0.3, 0.4) is 0 Å². The maximum absolute atomic E-state index is 4.62. The number of piperazine rings is 1. The fourth-order valence-corrected chi connectivity index (χ4v) is 3.52. The maximum Gasteiger partial charge on any atom is 0.135 e. The van der Waals surface area contributed by atoms with Crippen LogP contribution in [0.2, 0.25) is 0 Å². The van der Waals surface area contributed by atoms with Crippen LogP contribution in [0.15, 0.2) is 18.5 Å². The van der Waals surface area contributed by atoms with Crippen molar-refractivity contribution in [1.82, 2.24) is 20.2 Å². The minimum absolute atomic E-state index is 0.693. The lowest BCUT2D eigenvalue weighted by Gasteiger charge is -2.41. The van der Waals surface area contributed by atoms with Gasteiger partial charge < -0.3 is 10.2 Å². The second kappa shape index (κ2) is 5.73. The molecule has 5 heteroatoms. The fraction of sp³-hybridized carbons (Fsp3) is 0.625. The summed E-state index contributed by atoms with van der Waals surface area (Å²) < 4.78 is 0. The molecule has 4 rings (SSSR count). The number of hydrogen-bond donors (Lipinski definition) is 1. The summed E-state index contributed by atoms with van der Waals surface area (Å²) in [6.45, 7) is 6.53. The summed E-state index contributed by atoms with van der Waals surface area (Å²) in [5, 5.41) is 3.46. The van der Waals surface area contributed by atoms with E-state index in [-0.39, 0.29) is 0 Å². The van der Waals surface area contributed by atoms with Crippen molar-refractivity contribution < 1.29 is 0 Å². The van der Waals surface area contributed by atoms with Crippen LogP contribution in [0.4, 0.5) is 5.82 Å². The van der Waals surface area contributed by atoms with Crippen LogP contribution in [-0.2, 0) is 12.8 Å². The normalized spacial score (nSPS) is 26.1. The lowest BCUT2D eigenvalue weighted by Crippen LogP contribution is -2.51. The minimum Gasteiger partial charge on any atom is -0.354 e. The molecule has 112 valence electrons. The Labute approximate surface area is 126 Å². The van der Waals surface area contributed by atoms with Crippen molar-refractivity contribution in [3.8, 4) is 0 Å². The molecule has 0 spiro atoms. The maximum atomic E-state index is 4.62. The molecule has 5 nitrogen and oxygen atoms in total. The molecule has 21 heavy (non-hydrogen) atoms. The number of nitrogens with one attached hydrogen (secondary N) is 1. The van der Waals surface area contributed by atoms with Crippen molar-refractivity contribution in [3.63, 3.8) is 0 Å². The van der Waals surface area contributed by atoms with Crippen LogP contribution in [0, 0.1) is 0 Å². The van der Waals surface area contributed by atoms with Gasteiger partial charge in [0, 0.05) is 50.7 Å². The molecule has 1 unspecified atom stereocenters. The van der Waals surface area contributed by atoms with Gasteiger partial charge in [0.25, 0.3) is 0 Å². The van der Waals surface area contributed by atoms with E-state index < -0.39 is 0 Å². The number of rotatable bonds is 2. The van der Waals surface area contributed by atoms with E-state index in [1.807, 2.05) is 0 Å². The molecule has 1 atom stereocenters. The number of nitrogens with zero attached hydrogens (tertiary/aromatic N) is 4. The van der Waals surface area contributed by atoms with Gasteiger partial charge in [-0.25, -0.2) is 9.97 Å². The molecular weight excluding hydrogens is 262 g/mol. The average Bonchev–Trinajstić information content (AvgIpc) is 2.71. The van der Waals surface area contributed by atoms with Gasteiger partial charge in [0.1, 0.15) is 12.1 Å². The summed E-state index contributed by atoms with van der Waals surface area (Å²) in [6.07, 6.45) is 9.66. The van der Waals surface area contributed by atoms with Gasteiger partial charge >= 0.3 is 0 Å². The van der Waals surface area contributed by atoms with Crippen LogP contribution in [0.5, 0.6) is 0 Å². The highest BCUT2D eigenvalue weighted by Gasteiger charge is 2.26. The van der Waals surface area contributed by atoms with Crippen LogP contribution >= 0.6 is 0 Å². The number of fused-ring (bicyclic) bond motifs is 1. The van der Waals surface area contributed by atoms with Gasteiger partial charge in [-0.1, -0.05) is 12.2 Å². The van der Waals surface area contributed by atoms with Crippen molar-refractivity contribution in [3.05, 3.63) is 29.7 Å². The quantitative estimate of drug-likeness (QED) is 0.807. The Morgan fingerprint density at radius 1 is 1.05 bits per heavy atom. The zero-order valence-electron chi connectivity index (χ0n) is 12.5. The van der Waals surface area contributed by atoms with Crippen molar-refractivity contribution in [2.24, 2.45) is 0 Å². The smallest absolute Gasteiger partial charge is 0.135 e. The van der Waals surface area contributed by atoms with Gasteiger partial charge in [-0.2, -0.15) is 0 Å². The number of anilines is 1. The molecule has 1 fully saturated rings. The zero-order chi connectivity index (χ0) is 14.1. The van der Waals surface area contributed by atoms with E-state index in [1.165, 1.54) is 23.5 Å². The molecule has 1 aromatic rings. The molecule has 0 aromatic carbocycles. The Bertz CT molecular complexity index is 533. The number of aromatic nitrogens is 2. The minimum atomic E-state index is 0.693. The van der Waals surface area contributed by atoms with E-state index in [0.717, 1.165) is 52.1 Å². The molecule has 0 saturated carbocycles. The summed E-state index contributed by atoms with van der Waals surface area (Å²) in [5.74, 6) is 1.19. The second-order valence-corrected chi connectivity index (χ2v) is 6.13. The number of hydrogen-bond acceptors (Lipinski definition) is 5. The van der Waals surface area contributed by atoms with E-state index in [9.17, 15) is 0 Å². The SMILES string of the molecule is C1=CC(N2CCN(c3ncnc4c3CCNCC4)CC2)C1. The summed E-state index contributed by atoms with van der Waals surface area (Å²) in [6, 6.07) is 0.693. The molecular formula is C16H23N5. The lowest BCUT2D eigenvalue weighted by molar-refractivity contribution is 0.205. The monoisotopic (exact) mass is 285 g/mol. The molecule has 0 bridgehead atoms. The highest BCUT2D eigenvalue weighted by atomic mass is 15.3. The highest BCUT2D eigenvalue weighted by Crippen LogP contribution is 2.25. The summed E-state index contributed by atoms with van der Waals surface area (Å²) in [5.41, 5.74) is 2.62. The van der Waals surface area contributed by atoms with Crippen molar-refractivity contribution >= 4 is 5.82 Å². The van der Waals surface area contributed by atoms with Crippen LogP contribution in [0.25, 0.3) is 0 Å². The first kappa shape index (κ1) is 13.2. The summed E-state index contributed by atoms with van der Waals surface area (Å²) in [4.78, 5) is 14.2. The van der Waals surface area contributed by atoms with Crippen molar-refractivity contribution in [2.75, 3.05) is 44.2 Å². The van der Waals surface area contributed by atoms with E-state index in [1.54, 1.807) is 6.33 Å². The van der Waals surface area contributed by atoms with Gasteiger partial charge in [-0.05, 0) is 19.4 Å². The first-order chi connectivity index (χ1) is 10.4. The third-order valence-electron chi connectivity index (χ3n) is 4.92. The van der Waals surface area contributed by atoms with E-state index >= 15 is 0 Å². The third-order valence-corrected chi connectivity index (χ3v) is 4.92. The van der Waals surface area contributed by atoms with E-state index in [0.29, 0.717) is 6.04 Å². The first-order valence-electron chi connectivity index (χ1n) is 8.11. The van der Waals surface area contributed by atoms with Gasteiger partial charge in [0.15, 0.2) is 0 Å². The molecule has 0 amide bonds. The van der Waals surface area contributed by atoms with Gasteiger partial charge in [-0.3, -0.25) is 4.90 Å². The summed E-state index contributed by atoms with van der Waals surface area (Å²) in [7, 11) is 0. The lowest BCUT2D eigenvalue weighted by atomic mass is 10.0. The molecule has 1 saturated heterocycles. The Hall–Kier alpha value is -1.46. The van der Waals surface area contributed by atoms with E-state index in [4.69, 9.17) is 0 Å². The van der Waals surface area contributed by atoms with Crippen molar-refractivity contribution in [2.45, 2.75) is 25.3 Å². The molecule has 0 radical (unpaired) electrons. The third kappa shape index (κ3) is 2.56. The molecule has 3 heterocycles. The van der Waals surface area contributed by atoms with Crippen molar-refractivity contribution in [1.29, 1.82) is 0 Å². The molecule has 2 aliphatic heterocycles. The highest BCUT2D eigenvalue weighted by molar-refractivity contribution is 5.49. The van der Waals surface area contributed by atoms with Gasteiger partial charge in [0.05, 0.1) is 5.69 Å². The largest absolute Gasteiger partial charge is 0.354 e. The zero-order valence-corrected chi connectivity index (χ0v) is 12.5. The Balaban J connectivity index is 1.50. The van der Waals surface area contributed by atoms with Gasteiger partial charge in [0.2, 0.25) is 0 Å². The fourth-order valence-electron chi connectivity index (χ4n) is 3.52. The predicted molar refractivity (Wildman–Crippen MR) is 83.6 cm³/mol. The standard InChI is InChI=1S/C16H23N5/c1-2-13(3-1)20-8-10-21(11-9-20)16-14-4-6-17-7-5-15(14)18-12-19-16/h1-2,12-13,17H,3-11H2. The summed E-state index contributed by atoms with van der Waals surface area (Å²) >= 11 is 0. The molecule has 1 N–H and O–H groups in total. The second-order valence-electron chi connectivity index (χ2n) is 6.13. The first-order valence-corrected chi connectivity index (χ1v) is 8.11. The topological polar surface area (TPSA) is 44.3 Å². The molecule has 1 aliphatic carbocycles. The van der Waals surface area contributed by atoms with Crippen LogP contribution in [-0.4, -0.2) is 60.2 Å². The molecule has 3 aliphatic rings. The van der Waals surface area contributed by atoms with Crippen LogP contribution in [0.1, 0.15) is 17.7 Å². The Kier molecular flexibility index (Phi) is 3.61.